The van der Waals surface area contributed by atoms with Gasteiger partial charge in [-0.3, -0.25) is 33.6 Å². The van der Waals surface area contributed by atoms with Crippen molar-refractivity contribution < 1.29 is 23.2 Å². The van der Waals surface area contributed by atoms with Gasteiger partial charge in [0.1, 0.15) is 11.7 Å². The summed E-state index contributed by atoms with van der Waals surface area (Å²) in [4.78, 5) is 76.4. The van der Waals surface area contributed by atoms with Gasteiger partial charge < -0.3 is 24.9 Å². The third kappa shape index (κ3) is 8.72. The van der Waals surface area contributed by atoms with Crippen molar-refractivity contribution in [1.82, 2.24) is 34.6 Å². The molecule has 318 valence electrons. The predicted molar refractivity (Wildman–Crippen MR) is 227 cm³/mol. The van der Waals surface area contributed by atoms with E-state index < -0.39 is 23.5 Å². The van der Waals surface area contributed by atoms with Crippen LogP contribution >= 0.6 is 0 Å². The second-order valence-electron chi connectivity index (χ2n) is 16.9. The zero-order valence-corrected chi connectivity index (χ0v) is 33.9. The standard InChI is InChI=1S/C45H50FN9O6/c46-35-27-48-44(51-41(35)29-5-4-8-34(24-29)54-18-2-1-9-40(54)57)49-31-7-3-6-30(23-31)42(58)47-26-28-14-19-52(20-15-28)32-16-21-53(22-17-32)33-10-11-36-38(25-33)61-45(60)55(36)37-12-13-39(56)50-43(37)59/h1-2,4-5,8-11,18,24-25,27-28,30-32,37H,3,6-7,12-17,19-23,26H2,(H,47,58)(H,48,49,51)(H,50,56,59). The smallest absolute Gasteiger partial charge is 0.408 e. The second kappa shape index (κ2) is 17.4. The summed E-state index contributed by atoms with van der Waals surface area (Å²) in [5.74, 6) is -1.29. The van der Waals surface area contributed by atoms with Gasteiger partial charge in [-0.15, -0.1) is 0 Å². The molecular formula is C45H50FN9O6. The van der Waals surface area contributed by atoms with Gasteiger partial charge in [0, 0.05) is 79.3 Å². The van der Waals surface area contributed by atoms with Crippen molar-refractivity contribution in [2.45, 2.75) is 82.3 Å². The Kier molecular flexibility index (Phi) is 11.5. The maximum Gasteiger partial charge on any atom is 0.420 e. The predicted octanol–water partition coefficient (Wildman–Crippen LogP) is 4.79. The molecule has 16 heteroatoms. The molecule has 3 aromatic heterocycles. The van der Waals surface area contributed by atoms with Crippen LogP contribution in [0.3, 0.4) is 0 Å². The summed E-state index contributed by atoms with van der Waals surface area (Å²) in [5.41, 5.74) is 3.04. The van der Waals surface area contributed by atoms with E-state index in [1.54, 1.807) is 42.6 Å². The topological polar surface area (TPSA) is 177 Å². The van der Waals surface area contributed by atoms with Crippen LogP contribution in [0, 0.1) is 17.7 Å². The van der Waals surface area contributed by atoms with E-state index in [-0.39, 0.29) is 47.9 Å². The number of likely N-dealkylation sites (tertiary alicyclic amines) is 1. The molecule has 4 fully saturated rings. The number of nitrogens with one attached hydrogen (secondary N) is 3. The van der Waals surface area contributed by atoms with Crippen LogP contribution in [0.1, 0.15) is 70.3 Å². The normalized spacial score (nSPS) is 22.0. The SMILES string of the molecule is O=C1CCC(n2c(=O)oc3cc(N4CCC(N5CCC(CNC(=O)C6CCCC(Nc7ncc(F)c(-c8cccc(-n9ccccc9=O)c8)n7)C6)CC5)CC4)ccc32)C(=O)N1. The highest BCUT2D eigenvalue weighted by molar-refractivity contribution is 6.00. The molecule has 9 rings (SSSR count). The van der Waals surface area contributed by atoms with Crippen molar-refractivity contribution >= 4 is 40.5 Å². The number of hydrogen-bond donors (Lipinski definition) is 3. The highest BCUT2D eigenvalue weighted by atomic mass is 19.1. The molecule has 3 unspecified atom stereocenters. The maximum absolute atomic E-state index is 15.0. The Labute approximate surface area is 351 Å². The lowest BCUT2D eigenvalue weighted by Gasteiger charge is -2.42. The van der Waals surface area contributed by atoms with Gasteiger partial charge in [-0.05, 0) is 101 Å². The second-order valence-corrected chi connectivity index (χ2v) is 16.9. The summed E-state index contributed by atoms with van der Waals surface area (Å²) in [6, 6.07) is 17.3. The molecule has 3 saturated heterocycles. The summed E-state index contributed by atoms with van der Waals surface area (Å²) >= 11 is 0. The van der Waals surface area contributed by atoms with E-state index >= 15 is 4.39 Å². The quantitative estimate of drug-likeness (QED) is 0.165. The number of aromatic nitrogens is 4. The van der Waals surface area contributed by atoms with Gasteiger partial charge in [0.25, 0.3) is 5.56 Å². The Morgan fingerprint density at radius 3 is 2.52 bits per heavy atom. The van der Waals surface area contributed by atoms with Crippen LogP contribution in [0.25, 0.3) is 28.0 Å². The van der Waals surface area contributed by atoms with Crippen LogP contribution in [-0.4, -0.2) is 86.5 Å². The highest BCUT2D eigenvalue weighted by Gasteiger charge is 2.33. The minimum absolute atomic E-state index is 0.0257. The van der Waals surface area contributed by atoms with E-state index in [1.165, 1.54) is 15.2 Å². The molecule has 5 aromatic rings. The number of nitrogens with zero attached hydrogens (tertiary/aromatic N) is 6. The van der Waals surface area contributed by atoms with Crippen molar-refractivity contribution in [3.8, 4) is 16.9 Å². The van der Waals surface area contributed by atoms with Gasteiger partial charge in [-0.25, -0.2) is 19.2 Å². The van der Waals surface area contributed by atoms with E-state index in [0.717, 1.165) is 83.0 Å². The van der Waals surface area contributed by atoms with Gasteiger partial charge in [0.15, 0.2) is 11.4 Å². The van der Waals surface area contributed by atoms with Crippen molar-refractivity contribution in [2.24, 2.45) is 11.8 Å². The molecule has 61 heavy (non-hydrogen) atoms. The molecule has 3 aliphatic heterocycles. The van der Waals surface area contributed by atoms with E-state index in [0.29, 0.717) is 53.2 Å². The van der Waals surface area contributed by atoms with Crippen LogP contribution in [0.15, 0.2) is 87.1 Å². The average Bonchev–Trinajstić information content (AvgIpc) is 3.61. The molecule has 3 amide bonds. The molecule has 1 aliphatic carbocycles. The van der Waals surface area contributed by atoms with Crippen molar-refractivity contribution in [3.05, 3.63) is 99.8 Å². The van der Waals surface area contributed by atoms with Gasteiger partial charge in [0.2, 0.25) is 23.7 Å². The number of amides is 3. The van der Waals surface area contributed by atoms with Crippen molar-refractivity contribution in [1.29, 1.82) is 0 Å². The number of carbonyl (C=O) groups excluding carboxylic acids is 3. The molecule has 3 atom stereocenters. The van der Waals surface area contributed by atoms with Gasteiger partial charge in [-0.2, -0.15) is 0 Å². The Bertz CT molecular complexity index is 2560. The molecule has 15 nitrogen and oxygen atoms in total. The van der Waals surface area contributed by atoms with E-state index in [9.17, 15) is 24.0 Å². The molecular weight excluding hydrogens is 782 g/mol. The lowest BCUT2D eigenvalue weighted by Crippen LogP contribution is -2.49. The zero-order valence-electron chi connectivity index (χ0n) is 33.9. The number of imide groups is 1. The first-order valence-corrected chi connectivity index (χ1v) is 21.5. The summed E-state index contributed by atoms with van der Waals surface area (Å²) in [5, 5.41) is 8.95. The lowest BCUT2D eigenvalue weighted by atomic mass is 9.85. The number of anilines is 2. The van der Waals surface area contributed by atoms with Crippen molar-refractivity contribution in [2.75, 3.05) is 42.9 Å². The molecule has 6 heterocycles. The third-order valence-corrected chi connectivity index (χ3v) is 13.0. The number of carbonyl (C=O) groups is 3. The van der Waals surface area contributed by atoms with Crippen LogP contribution in [0.4, 0.5) is 16.0 Å². The van der Waals surface area contributed by atoms with E-state index in [4.69, 9.17) is 4.42 Å². The van der Waals surface area contributed by atoms with Crippen LogP contribution in [0.2, 0.25) is 0 Å². The first kappa shape index (κ1) is 40.3. The van der Waals surface area contributed by atoms with E-state index in [1.807, 2.05) is 18.2 Å². The molecule has 2 aromatic carbocycles. The van der Waals surface area contributed by atoms with Crippen molar-refractivity contribution in [3.63, 3.8) is 0 Å². The molecule has 0 spiro atoms. The number of pyridine rings is 1. The largest absolute Gasteiger partial charge is 0.420 e. The number of hydrogen-bond acceptors (Lipinski definition) is 11. The average molecular weight is 832 g/mol. The monoisotopic (exact) mass is 831 g/mol. The van der Waals surface area contributed by atoms with Crippen LogP contribution in [0.5, 0.6) is 0 Å². The Morgan fingerprint density at radius 2 is 1.72 bits per heavy atom. The Hall–Kier alpha value is -6.16. The molecule has 1 saturated carbocycles. The molecule has 0 radical (unpaired) electrons. The summed E-state index contributed by atoms with van der Waals surface area (Å²) < 4.78 is 23.5. The highest BCUT2D eigenvalue weighted by Crippen LogP contribution is 2.32. The molecule has 3 N–H and O–H groups in total. The first-order chi connectivity index (χ1) is 29.7. The number of halogens is 1. The number of rotatable bonds is 10. The van der Waals surface area contributed by atoms with Crippen LogP contribution in [-0.2, 0) is 14.4 Å². The van der Waals surface area contributed by atoms with E-state index in [2.05, 4.69) is 35.7 Å². The third-order valence-electron chi connectivity index (χ3n) is 13.0. The minimum Gasteiger partial charge on any atom is -0.408 e. The Morgan fingerprint density at radius 1 is 0.885 bits per heavy atom. The molecule has 4 aliphatic rings. The number of fused-ring (bicyclic) bond motifs is 1. The van der Waals surface area contributed by atoms with Gasteiger partial charge >= 0.3 is 5.76 Å². The maximum atomic E-state index is 15.0. The van der Waals surface area contributed by atoms with Gasteiger partial charge in [-0.1, -0.05) is 24.6 Å². The zero-order chi connectivity index (χ0) is 42.0. The number of oxazole rings is 1. The Balaban J connectivity index is 0.727. The van der Waals surface area contributed by atoms with Gasteiger partial charge in [0.05, 0.1) is 11.7 Å². The fourth-order valence-electron chi connectivity index (χ4n) is 9.67. The van der Waals surface area contributed by atoms with Crippen LogP contribution < -0.4 is 32.2 Å². The molecule has 0 bridgehead atoms. The summed E-state index contributed by atoms with van der Waals surface area (Å²) in [6.45, 7) is 4.42. The number of piperidine rings is 3. The minimum atomic E-state index is -0.768. The summed E-state index contributed by atoms with van der Waals surface area (Å²) in [7, 11) is 0. The number of benzene rings is 2. The first-order valence-electron chi connectivity index (χ1n) is 21.5. The fourth-order valence-corrected chi connectivity index (χ4v) is 9.67. The summed E-state index contributed by atoms with van der Waals surface area (Å²) in [6.07, 6.45) is 10.6. The lowest BCUT2D eigenvalue weighted by molar-refractivity contribution is -0.135. The fraction of sp³-hybridized carbons (Fsp3) is 0.444.